The molecule has 17 heavy (non-hydrogen) atoms. The highest BCUT2D eigenvalue weighted by atomic mass is 16.5. The van der Waals surface area contributed by atoms with E-state index in [-0.39, 0.29) is 18.6 Å². The minimum absolute atomic E-state index is 0.0456. The largest absolute Gasteiger partial charge is 0.395 e. The normalized spacial score (nSPS) is 12.4. The van der Waals surface area contributed by atoms with Crippen molar-refractivity contribution in [3.05, 3.63) is 11.7 Å². The van der Waals surface area contributed by atoms with Crippen LogP contribution in [-0.4, -0.2) is 51.6 Å². The summed E-state index contributed by atoms with van der Waals surface area (Å²) in [4.78, 5) is 6.18. The minimum atomic E-state index is -0.163. The monoisotopic (exact) mass is 243 g/mol. The molecule has 0 amide bonds. The summed E-state index contributed by atoms with van der Waals surface area (Å²) >= 11 is 0. The van der Waals surface area contributed by atoms with Gasteiger partial charge in [-0.2, -0.15) is 4.98 Å². The third kappa shape index (κ3) is 4.41. The van der Waals surface area contributed by atoms with Crippen molar-refractivity contribution < 1.29 is 14.7 Å². The van der Waals surface area contributed by atoms with E-state index in [1.807, 2.05) is 25.7 Å². The molecule has 2 N–H and O–H groups in total. The summed E-state index contributed by atoms with van der Waals surface area (Å²) in [7, 11) is 0. The molecule has 0 aliphatic heterocycles. The van der Waals surface area contributed by atoms with Crippen molar-refractivity contribution in [3.63, 3.8) is 0 Å². The van der Waals surface area contributed by atoms with Gasteiger partial charge in [0.2, 0.25) is 5.89 Å². The first kappa shape index (κ1) is 14.1. The third-order valence-corrected chi connectivity index (χ3v) is 2.31. The Balaban J connectivity index is 2.63. The second-order valence-electron chi connectivity index (χ2n) is 4.99. The van der Waals surface area contributed by atoms with Crippen molar-refractivity contribution in [1.29, 1.82) is 0 Å². The van der Waals surface area contributed by atoms with Crippen LogP contribution in [0.3, 0.4) is 0 Å². The topological polar surface area (TPSA) is 82.6 Å². The number of nitrogens with zero attached hydrogens (tertiary/aromatic N) is 3. The van der Waals surface area contributed by atoms with Crippen molar-refractivity contribution >= 4 is 0 Å². The van der Waals surface area contributed by atoms with Crippen molar-refractivity contribution in [1.82, 2.24) is 15.0 Å². The lowest BCUT2D eigenvalue weighted by Gasteiger charge is -2.17. The summed E-state index contributed by atoms with van der Waals surface area (Å²) in [5, 5.41) is 21.7. The molecule has 0 saturated carbocycles. The van der Waals surface area contributed by atoms with Gasteiger partial charge in [0, 0.05) is 18.5 Å². The molecule has 6 nitrogen and oxygen atoms in total. The standard InChI is InChI=1S/C11H21N3O3/c1-11(2,3)10-12-9(13-17-10)8-14(4-6-15)5-7-16/h15-16H,4-8H2,1-3H3. The molecule has 0 fully saturated rings. The molecule has 0 aliphatic carbocycles. The second kappa shape index (κ2) is 6.09. The number of aliphatic hydroxyl groups excluding tert-OH is 2. The zero-order chi connectivity index (χ0) is 12.9. The van der Waals surface area contributed by atoms with Gasteiger partial charge in [0.1, 0.15) is 0 Å². The first-order chi connectivity index (χ1) is 7.97. The molecule has 0 radical (unpaired) electrons. The van der Waals surface area contributed by atoms with E-state index in [1.165, 1.54) is 0 Å². The molecule has 0 aliphatic rings. The number of aliphatic hydroxyl groups is 2. The minimum Gasteiger partial charge on any atom is -0.395 e. The van der Waals surface area contributed by atoms with Crippen molar-refractivity contribution in [2.24, 2.45) is 0 Å². The first-order valence-corrected chi connectivity index (χ1v) is 5.74. The zero-order valence-corrected chi connectivity index (χ0v) is 10.7. The van der Waals surface area contributed by atoms with Crippen LogP contribution in [0.2, 0.25) is 0 Å². The van der Waals surface area contributed by atoms with Gasteiger partial charge in [0.15, 0.2) is 5.82 Å². The molecule has 1 heterocycles. The summed E-state index contributed by atoms with van der Waals surface area (Å²) in [5.41, 5.74) is -0.163. The summed E-state index contributed by atoms with van der Waals surface area (Å²) in [6.07, 6.45) is 0. The van der Waals surface area contributed by atoms with Gasteiger partial charge in [-0.15, -0.1) is 0 Å². The number of hydrogen-bond acceptors (Lipinski definition) is 6. The average molecular weight is 243 g/mol. The van der Waals surface area contributed by atoms with Gasteiger partial charge in [0.25, 0.3) is 0 Å². The highest BCUT2D eigenvalue weighted by Gasteiger charge is 2.22. The molecule has 0 atom stereocenters. The van der Waals surface area contributed by atoms with Crippen LogP contribution in [-0.2, 0) is 12.0 Å². The molecule has 0 unspecified atom stereocenters. The lowest BCUT2D eigenvalue weighted by Crippen LogP contribution is -2.29. The van der Waals surface area contributed by atoms with E-state index in [1.54, 1.807) is 0 Å². The van der Waals surface area contributed by atoms with E-state index in [9.17, 15) is 0 Å². The number of rotatable bonds is 6. The Morgan fingerprint density at radius 1 is 1.18 bits per heavy atom. The molecule has 98 valence electrons. The maximum absolute atomic E-state index is 8.89. The van der Waals surface area contributed by atoms with Crippen molar-refractivity contribution in [2.45, 2.75) is 32.7 Å². The van der Waals surface area contributed by atoms with Crippen LogP contribution < -0.4 is 0 Å². The van der Waals surface area contributed by atoms with Crippen LogP contribution in [0.5, 0.6) is 0 Å². The van der Waals surface area contributed by atoms with E-state index in [4.69, 9.17) is 14.7 Å². The highest BCUT2D eigenvalue weighted by molar-refractivity contribution is 4.98. The average Bonchev–Trinajstić information content (AvgIpc) is 2.66. The highest BCUT2D eigenvalue weighted by Crippen LogP contribution is 2.19. The zero-order valence-electron chi connectivity index (χ0n) is 10.7. The molecule has 1 aromatic rings. The quantitative estimate of drug-likeness (QED) is 0.740. The van der Waals surface area contributed by atoms with Crippen LogP contribution in [0.4, 0.5) is 0 Å². The van der Waals surface area contributed by atoms with Crippen LogP contribution >= 0.6 is 0 Å². The number of hydrogen-bond donors (Lipinski definition) is 2. The molecule has 6 heteroatoms. The molecule has 1 rings (SSSR count). The van der Waals surface area contributed by atoms with E-state index >= 15 is 0 Å². The Kier molecular flexibility index (Phi) is 5.04. The maximum Gasteiger partial charge on any atom is 0.232 e. The molecule has 0 saturated heterocycles. The molecule has 0 bridgehead atoms. The molecular weight excluding hydrogens is 222 g/mol. The Bertz CT molecular complexity index is 327. The Morgan fingerprint density at radius 2 is 1.76 bits per heavy atom. The lowest BCUT2D eigenvalue weighted by molar-refractivity contribution is 0.152. The van der Waals surface area contributed by atoms with Crippen LogP contribution in [0.25, 0.3) is 0 Å². The summed E-state index contributed by atoms with van der Waals surface area (Å²) in [6.45, 7) is 7.55. The number of aromatic nitrogens is 2. The van der Waals surface area contributed by atoms with E-state index < -0.39 is 0 Å². The van der Waals surface area contributed by atoms with Gasteiger partial charge < -0.3 is 14.7 Å². The van der Waals surface area contributed by atoms with Crippen molar-refractivity contribution in [2.75, 3.05) is 26.3 Å². The van der Waals surface area contributed by atoms with Crippen molar-refractivity contribution in [3.8, 4) is 0 Å². The molecule has 1 aromatic heterocycles. The third-order valence-electron chi connectivity index (χ3n) is 2.31. The predicted molar refractivity (Wildman–Crippen MR) is 62.4 cm³/mol. The molecule has 0 aromatic carbocycles. The Hall–Kier alpha value is -0.980. The maximum atomic E-state index is 8.89. The molecular formula is C11H21N3O3. The predicted octanol–water partition coefficient (Wildman–Crippen LogP) is 0.154. The van der Waals surface area contributed by atoms with E-state index in [0.29, 0.717) is 31.3 Å². The summed E-state index contributed by atoms with van der Waals surface area (Å²) in [5.74, 6) is 1.18. The fraction of sp³-hybridized carbons (Fsp3) is 0.818. The first-order valence-electron chi connectivity index (χ1n) is 5.74. The fourth-order valence-electron chi connectivity index (χ4n) is 1.38. The second-order valence-corrected chi connectivity index (χ2v) is 4.99. The van der Waals surface area contributed by atoms with Gasteiger partial charge in [-0.25, -0.2) is 0 Å². The summed E-state index contributed by atoms with van der Waals surface area (Å²) in [6, 6.07) is 0. The fourth-order valence-corrected chi connectivity index (χ4v) is 1.38. The smallest absolute Gasteiger partial charge is 0.232 e. The van der Waals surface area contributed by atoms with Crippen LogP contribution in [0, 0.1) is 0 Å². The van der Waals surface area contributed by atoms with E-state index in [2.05, 4.69) is 10.1 Å². The van der Waals surface area contributed by atoms with Crippen LogP contribution in [0.1, 0.15) is 32.5 Å². The lowest BCUT2D eigenvalue weighted by atomic mass is 9.97. The van der Waals surface area contributed by atoms with Gasteiger partial charge in [-0.3, -0.25) is 4.90 Å². The Labute approximate surface area is 101 Å². The van der Waals surface area contributed by atoms with Gasteiger partial charge in [-0.1, -0.05) is 25.9 Å². The van der Waals surface area contributed by atoms with Gasteiger partial charge in [-0.05, 0) is 0 Å². The van der Waals surface area contributed by atoms with Gasteiger partial charge in [0.05, 0.1) is 19.8 Å². The SMILES string of the molecule is CC(C)(C)c1nc(CN(CCO)CCO)no1. The van der Waals surface area contributed by atoms with E-state index in [0.717, 1.165) is 0 Å². The summed E-state index contributed by atoms with van der Waals surface area (Å²) < 4.78 is 5.17. The van der Waals surface area contributed by atoms with Gasteiger partial charge >= 0.3 is 0 Å². The van der Waals surface area contributed by atoms with Crippen LogP contribution in [0.15, 0.2) is 4.52 Å². The Morgan fingerprint density at radius 3 is 2.18 bits per heavy atom. The molecule has 0 spiro atoms.